The molecule has 2 heterocycles. The van der Waals surface area contributed by atoms with E-state index in [1.165, 1.54) is 15.6 Å². The van der Waals surface area contributed by atoms with Crippen molar-refractivity contribution in [3.63, 3.8) is 0 Å². The molecule has 26 heavy (non-hydrogen) atoms. The minimum absolute atomic E-state index is 0. The van der Waals surface area contributed by atoms with E-state index >= 15 is 0 Å². The minimum Gasteiger partial charge on any atom is -0.379 e. The van der Waals surface area contributed by atoms with Crippen molar-refractivity contribution in [3.8, 4) is 0 Å². The Balaban J connectivity index is 0.00000243. The van der Waals surface area contributed by atoms with Gasteiger partial charge in [-0.05, 0) is 37.4 Å². The van der Waals surface area contributed by atoms with Crippen molar-refractivity contribution in [2.24, 2.45) is 17.6 Å². The lowest BCUT2D eigenvalue weighted by molar-refractivity contribution is -0.126. The summed E-state index contributed by atoms with van der Waals surface area (Å²) in [6.07, 6.45) is 2.94. The van der Waals surface area contributed by atoms with Gasteiger partial charge in [0.1, 0.15) is 4.21 Å². The summed E-state index contributed by atoms with van der Waals surface area (Å²) >= 11 is 1.21. The number of nitrogens with zero attached hydrogens (tertiary/aromatic N) is 1. The number of halogens is 1. The van der Waals surface area contributed by atoms with Crippen molar-refractivity contribution in [2.45, 2.75) is 30.0 Å². The molecule has 1 aliphatic heterocycles. The average Bonchev–Trinajstić information content (AvgIpc) is 3.29. The molecule has 0 unspecified atom stereocenters. The maximum absolute atomic E-state index is 12.6. The average molecular weight is 424 g/mol. The summed E-state index contributed by atoms with van der Waals surface area (Å²) in [7, 11) is -3.47. The number of carbonyl (C=O) groups excluding carboxylic acids is 1. The number of nitrogens with two attached hydrogens (primary N) is 1. The Kier molecular flexibility index (Phi) is 7.87. The van der Waals surface area contributed by atoms with Gasteiger partial charge in [-0.3, -0.25) is 4.79 Å². The summed E-state index contributed by atoms with van der Waals surface area (Å²) in [5, 5.41) is 2.94. The van der Waals surface area contributed by atoms with Crippen molar-refractivity contribution >= 4 is 39.7 Å². The molecule has 1 aromatic heterocycles. The van der Waals surface area contributed by atoms with E-state index in [4.69, 9.17) is 10.5 Å². The molecule has 0 bridgehead atoms. The summed E-state index contributed by atoms with van der Waals surface area (Å²) in [5.74, 6) is 0.279. The van der Waals surface area contributed by atoms with Gasteiger partial charge in [0.2, 0.25) is 5.91 Å². The fraction of sp³-hybridized carbons (Fsp3) is 0.688. The highest BCUT2D eigenvalue weighted by molar-refractivity contribution is 7.91. The van der Waals surface area contributed by atoms with E-state index in [1.54, 1.807) is 12.1 Å². The zero-order valence-electron chi connectivity index (χ0n) is 14.6. The molecule has 1 amide bonds. The Bertz CT molecular complexity index is 704. The van der Waals surface area contributed by atoms with Crippen LogP contribution in [0.1, 0.15) is 24.1 Å². The Hall–Kier alpha value is -0.710. The maximum Gasteiger partial charge on any atom is 0.252 e. The molecule has 2 aliphatic rings. The van der Waals surface area contributed by atoms with E-state index in [0.29, 0.717) is 43.6 Å². The van der Waals surface area contributed by atoms with Gasteiger partial charge in [0.15, 0.2) is 0 Å². The normalized spacial score (nSPS) is 24.2. The second-order valence-electron chi connectivity index (χ2n) is 6.49. The molecule has 7 nitrogen and oxygen atoms in total. The van der Waals surface area contributed by atoms with Gasteiger partial charge in [0, 0.05) is 23.9 Å². The number of rotatable bonds is 6. The van der Waals surface area contributed by atoms with Crippen LogP contribution < -0.4 is 11.1 Å². The summed E-state index contributed by atoms with van der Waals surface area (Å²) in [4.78, 5) is 13.2. The fourth-order valence-corrected chi connectivity index (χ4v) is 6.33. The maximum atomic E-state index is 12.6. The van der Waals surface area contributed by atoms with Gasteiger partial charge in [0.05, 0.1) is 19.8 Å². The van der Waals surface area contributed by atoms with Crippen molar-refractivity contribution < 1.29 is 17.9 Å². The van der Waals surface area contributed by atoms with E-state index in [1.807, 2.05) is 0 Å². The van der Waals surface area contributed by atoms with E-state index < -0.39 is 10.0 Å². The summed E-state index contributed by atoms with van der Waals surface area (Å²) in [5.41, 5.74) is 5.73. The number of sulfonamides is 1. The Morgan fingerprint density at radius 3 is 2.73 bits per heavy atom. The first kappa shape index (κ1) is 21.6. The molecule has 148 valence electrons. The van der Waals surface area contributed by atoms with Gasteiger partial charge >= 0.3 is 0 Å². The third kappa shape index (κ3) is 4.76. The molecule has 0 spiro atoms. The summed E-state index contributed by atoms with van der Waals surface area (Å²) < 4.78 is 32.2. The summed E-state index contributed by atoms with van der Waals surface area (Å²) in [6, 6.07) is 3.39. The first-order valence-electron chi connectivity index (χ1n) is 8.67. The molecule has 1 aromatic rings. The van der Waals surface area contributed by atoms with Crippen LogP contribution >= 0.6 is 23.7 Å². The number of hydrogen-bond donors (Lipinski definition) is 2. The van der Waals surface area contributed by atoms with Crippen LogP contribution in [0.25, 0.3) is 0 Å². The molecular formula is C16H26ClN3O4S2. The van der Waals surface area contributed by atoms with E-state index in [-0.39, 0.29) is 30.2 Å². The highest BCUT2D eigenvalue weighted by atomic mass is 35.5. The number of amides is 1. The lowest BCUT2D eigenvalue weighted by Crippen LogP contribution is -2.40. The third-order valence-electron chi connectivity index (χ3n) is 4.94. The molecule has 1 aliphatic carbocycles. The van der Waals surface area contributed by atoms with Crippen molar-refractivity contribution in [3.05, 3.63) is 17.0 Å². The molecular weight excluding hydrogens is 398 g/mol. The van der Waals surface area contributed by atoms with Crippen LogP contribution in [0.3, 0.4) is 0 Å². The van der Waals surface area contributed by atoms with Crippen molar-refractivity contribution in [2.75, 3.05) is 32.8 Å². The number of nitrogens with one attached hydrogen (secondary N) is 1. The second-order valence-corrected chi connectivity index (χ2v) is 9.82. The van der Waals surface area contributed by atoms with Crippen molar-refractivity contribution in [1.29, 1.82) is 0 Å². The van der Waals surface area contributed by atoms with Crippen molar-refractivity contribution in [1.82, 2.24) is 9.62 Å². The SMILES string of the molecule is Cl.NC[C@H]1CCC[C@H]1C(=O)NCc1ccc(S(=O)(=O)N2CCOCC2)s1. The highest BCUT2D eigenvalue weighted by Crippen LogP contribution is 2.31. The molecule has 2 atom stereocenters. The van der Waals surface area contributed by atoms with Gasteiger partial charge in [0.25, 0.3) is 10.0 Å². The number of carbonyl (C=O) groups is 1. The van der Waals surface area contributed by atoms with Crippen LogP contribution in [0.15, 0.2) is 16.3 Å². The van der Waals surface area contributed by atoms with Gasteiger partial charge in [-0.1, -0.05) is 6.42 Å². The van der Waals surface area contributed by atoms with Gasteiger partial charge in [-0.15, -0.1) is 23.7 Å². The van der Waals surface area contributed by atoms with Crippen LogP contribution in [0.5, 0.6) is 0 Å². The standard InChI is InChI=1S/C16H25N3O4S2.ClH/c17-10-12-2-1-3-14(12)16(20)18-11-13-4-5-15(24-13)25(21,22)19-6-8-23-9-7-19;/h4-5,12,14H,1-3,6-11,17H2,(H,18,20);1H/t12-,14-;/m1./s1. The molecule has 10 heteroatoms. The predicted octanol–water partition coefficient (Wildman–Crippen LogP) is 1.18. The highest BCUT2D eigenvalue weighted by Gasteiger charge is 2.32. The molecule has 3 N–H and O–H groups in total. The smallest absolute Gasteiger partial charge is 0.252 e. The molecule has 1 saturated carbocycles. The largest absolute Gasteiger partial charge is 0.379 e. The lowest BCUT2D eigenvalue weighted by Gasteiger charge is -2.25. The van der Waals surface area contributed by atoms with Crippen LogP contribution in [0.2, 0.25) is 0 Å². The van der Waals surface area contributed by atoms with Crippen LogP contribution in [0, 0.1) is 11.8 Å². The molecule has 1 saturated heterocycles. The van der Waals surface area contributed by atoms with Gasteiger partial charge in [-0.25, -0.2) is 8.42 Å². The van der Waals surface area contributed by atoms with Crippen LogP contribution in [-0.4, -0.2) is 51.5 Å². The van der Waals surface area contributed by atoms with E-state index in [2.05, 4.69) is 5.32 Å². The van der Waals surface area contributed by atoms with Gasteiger partial charge in [-0.2, -0.15) is 4.31 Å². The topological polar surface area (TPSA) is 102 Å². The Morgan fingerprint density at radius 2 is 2.04 bits per heavy atom. The molecule has 2 fully saturated rings. The zero-order valence-corrected chi connectivity index (χ0v) is 17.0. The monoisotopic (exact) mass is 423 g/mol. The Labute approximate surface area is 164 Å². The number of thiophene rings is 1. The minimum atomic E-state index is -3.47. The van der Waals surface area contributed by atoms with Crippen LogP contribution in [0.4, 0.5) is 0 Å². The number of hydrogen-bond acceptors (Lipinski definition) is 6. The number of morpholine rings is 1. The second kappa shape index (κ2) is 9.48. The first-order valence-corrected chi connectivity index (χ1v) is 10.9. The number of ether oxygens (including phenoxy) is 1. The lowest BCUT2D eigenvalue weighted by atomic mass is 9.95. The first-order chi connectivity index (χ1) is 12.0. The van der Waals surface area contributed by atoms with Gasteiger partial charge < -0.3 is 15.8 Å². The Morgan fingerprint density at radius 1 is 1.31 bits per heavy atom. The molecule has 3 rings (SSSR count). The van der Waals surface area contributed by atoms with E-state index in [9.17, 15) is 13.2 Å². The zero-order chi connectivity index (χ0) is 17.9. The molecule has 0 aromatic carbocycles. The third-order valence-corrected chi connectivity index (χ3v) is 8.39. The van der Waals surface area contributed by atoms with E-state index in [0.717, 1.165) is 24.1 Å². The molecule has 0 radical (unpaired) electrons. The summed E-state index contributed by atoms with van der Waals surface area (Å²) in [6.45, 7) is 2.52. The predicted molar refractivity (Wildman–Crippen MR) is 103 cm³/mol. The quantitative estimate of drug-likeness (QED) is 0.715. The fourth-order valence-electron chi connectivity index (χ4n) is 3.48. The van der Waals surface area contributed by atoms with Crippen LogP contribution in [-0.2, 0) is 26.1 Å².